The largest absolute Gasteiger partial charge is 0.352 e. The first kappa shape index (κ1) is 20.7. The van der Waals surface area contributed by atoms with E-state index < -0.39 is 0 Å². The topological polar surface area (TPSA) is 125 Å². The third-order valence-electron chi connectivity index (χ3n) is 6.49. The molecule has 10 heteroatoms. The molecule has 0 amide bonds. The highest BCUT2D eigenvalue weighted by Gasteiger charge is 2.25. The molecule has 1 fully saturated rings. The number of halogens is 1. The number of nitrogens with two attached hydrogens (primary N) is 1. The molecule has 0 spiro atoms. The van der Waals surface area contributed by atoms with Gasteiger partial charge < -0.3 is 15.6 Å². The number of hydrogen-bond acceptors (Lipinski definition) is 7. The molecular formula is C26H20FN9. The van der Waals surface area contributed by atoms with E-state index in [1.165, 1.54) is 12.1 Å². The van der Waals surface area contributed by atoms with Crippen molar-refractivity contribution >= 4 is 27.8 Å². The van der Waals surface area contributed by atoms with Crippen molar-refractivity contribution in [2.24, 2.45) is 5.73 Å². The van der Waals surface area contributed by atoms with Gasteiger partial charge in [0.05, 0.1) is 35.5 Å². The Morgan fingerprint density at radius 1 is 0.972 bits per heavy atom. The molecule has 7 rings (SSSR count). The number of hydrogen-bond donors (Lipinski definition) is 3. The minimum atomic E-state index is -0.282. The number of aromatic nitrogens is 7. The number of pyridine rings is 2. The first-order valence-electron chi connectivity index (χ1n) is 11.5. The summed E-state index contributed by atoms with van der Waals surface area (Å²) in [6, 6.07) is 12.5. The molecule has 1 saturated heterocycles. The molecule has 36 heavy (non-hydrogen) atoms. The van der Waals surface area contributed by atoms with Crippen molar-refractivity contribution in [3.8, 4) is 33.9 Å². The molecule has 5 aromatic heterocycles. The molecule has 0 unspecified atom stereocenters. The standard InChI is InChI=1S/C26H20FN9/c27-15-3-1-2-14(6-15)17-4-5-30-26-18(17)7-21(33-26)25-19-8-20(31-10-22(19)34-35-25)23-9-29-11-24(32-23)36-12-16(28)13-36/h1-11,16H,12-13,28H2,(H,30,33)(H,34,35). The van der Waals surface area contributed by atoms with Crippen molar-refractivity contribution in [2.45, 2.75) is 6.04 Å². The van der Waals surface area contributed by atoms with E-state index in [-0.39, 0.29) is 11.9 Å². The minimum Gasteiger partial charge on any atom is -0.352 e. The van der Waals surface area contributed by atoms with Gasteiger partial charge in [0.25, 0.3) is 0 Å². The summed E-state index contributed by atoms with van der Waals surface area (Å²) in [5.41, 5.74) is 12.0. The average molecular weight is 478 g/mol. The third kappa shape index (κ3) is 3.38. The highest BCUT2D eigenvalue weighted by atomic mass is 19.1. The number of nitrogens with zero attached hydrogens (tertiary/aromatic N) is 6. The van der Waals surface area contributed by atoms with Gasteiger partial charge in [-0.15, -0.1) is 0 Å². The number of benzene rings is 1. The van der Waals surface area contributed by atoms with Gasteiger partial charge in [-0.25, -0.2) is 14.4 Å². The second-order valence-corrected chi connectivity index (χ2v) is 8.93. The lowest BCUT2D eigenvalue weighted by Crippen LogP contribution is -2.56. The molecule has 0 saturated carbocycles. The van der Waals surface area contributed by atoms with Gasteiger partial charge in [-0.2, -0.15) is 5.10 Å². The maximum Gasteiger partial charge on any atom is 0.147 e. The van der Waals surface area contributed by atoms with Crippen molar-refractivity contribution in [2.75, 3.05) is 18.0 Å². The molecular weight excluding hydrogens is 457 g/mol. The first-order chi connectivity index (χ1) is 17.6. The summed E-state index contributed by atoms with van der Waals surface area (Å²) in [4.78, 5) is 23.6. The van der Waals surface area contributed by atoms with Crippen LogP contribution < -0.4 is 10.6 Å². The van der Waals surface area contributed by atoms with Crippen LogP contribution in [0.4, 0.5) is 10.2 Å². The van der Waals surface area contributed by atoms with E-state index >= 15 is 0 Å². The van der Waals surface area contributed by atoms with Crippen LogP contribution in [0.25, 0.3) is 55.8 Å². The smallest absolute Gasteiger partial charge is 0.147 e. The van der Waals surface area contributed by atoms with Crippen molar-refractivity contribution in [1.82, 2.24) is 35.1 Å². The van der Waals surface area contributed by atoms with Crippen LogP contribution in [0.3, 0.4) is 0 Å². The van der Waals surface area contributed by atoms with Gasteiger partial charge >= 0.3 is 0 Å². The Labute approximate surface area is 204 Å². The van der Waals surface area contributed by atoms with Gasteiger partial charge in [0.15, 0.2) is 0 Å². The normalized spacial score (nSPS) is 14.0. The van der Waals surface area contributed by atoms with Crippen molar-refractivity contribution in [3.05, 3.63) is 73.1 Å². The van der Waals surface area contributed by atoms with Crippen molar-refractivity contribution in [3.63, 3.8) is 0 Å². The van der Waals surface area contributed by atoms with Gasteiger partial charge in [0, 0.05) is 36.1 Å². The van der Waals surface area contributed by atoms with Crippen LogP contribution in [-0.2, 0) is 0 Å². The fraction of sp³-hybridized carbons (Fsp3) is 0.115. The minimum absolute atomic E-state index is 0.172. The van der Waals surface area contributed by atoms with Gasteiger partial charge in [0.2, 0.25) is 0 Å². The predicted molar refractivity (Wildman–Crippen MR) is 136 cm³/mol. The monoisotopic (exact) mass is 477 g/mol. The Kier molecular flexibility index (Phi) is 4.55. The van der Waals surface area contributed by atoms with Crippen molar-refractivity contribution in [1.29, 1.82) is 0 Å². The van der Waals surface area contributed by atoms with Crippen LogP contribution in [0.5, 0.6) is 0 Å². The lowest BCUT2D eigenvalue weighted by molar-refractivity contribution is 0.514. The Bertz CT molecular complexity index is 1750. The molecule has 6 heterocycles. The van der Waals surface area contributed by atoms with Crippen LogP contribution in [0.15, 0.2) is 67.3 Å². The Balaban J connectivity index is 1.31. The Morgan fingerprint density at radius 3 is 2.75 bits per heavy atom. The zero-order chi connectivity index (χ0) is 24.2. The zero-order valence-electron chi connectivity index (χ0n) is 19.0. The van der Waals surface area contributed by atoms with Gasteiger partial charge in [-0.3, -0.25) is 15.1 Å². The Hall–Kier alpha value is -4.70. The fourth-order valence-corrected chi connectivity index (χ4v) is 4.66. The highest BCUT2D eigenvalue weighted by Crippen LogP contribution is 2.34. The summed E-state index contributed by atoms with van der Waals surface area (Å²) in [7, 11) is 0. The number of H-pyrrole nitrogens is 2. The summed E-state index contributed by atoms with van der Waals surface area (Å²) in [6.45, 7) is 1.53. The second-order valence-electron chi connectivity index (χ2n) is 8.93. The number of fused-ring (bicyclic) bond motifs is 2. The van der Waals surface area contributed by atoms with Crippen LogP contribution in [0.1, 0.15) is 0 Å². The molecule has 1 aliphatic rings. The van der Waals surface area contributed by atoms with Crippen LogP contribution >= 0.6 is 0 Å². The van der Waals surface area contributed by atoms with Crippen LogP contribution in [0.2, 0.25) is 0 Å². The maximum absolute atomic E-state index is 13.9. The molecule has 1 aromatic carbocycles. The average Bonchev–Trinajstić information content (AvgIpc) is 3.50. The quantitative estimate of drug-likeness (QED) is 0.351. The predicted octanol–water partition coefficient (Wildman–Crippen LogP) is 3.91. The molecule has 176 valence electrons. The highest BCUT2D eigenvalue weighted by molar-refractivity contribution is 6.00. The summed E-state index contributed by atoms with van der Waals surface area (Å²) in [5, 5.41) is 9.37. The van der Waals surface area contributed by atoms with Gasteiger partial charge in [0.1, 0.15) is 28.7 Å². The van der Waals surface area contributed by atoms with E-state index in [0.717, 1.165) is 57.7 Å². The van der Waals surface area contributed by atoms with E-state index in [9.17, 15) is 4.39 Å². The molecule has 0 radical (unpaired) electrons. The summed E-state index contributed by atoms with van der Waals surface area (Å²) in [6.07, 6.45) is 6.90. The van der Waals surface area contributed by atoms with Gasteiger partial charge in [-0.1, -0.05) is 12.1 Å². The lowest BCUT2D eigenvalue weighted by atomic mass is 10.0. The number of aromatic amines is 2. The number of nitrogens with one attached hydrogen (secondary N) is 2. The van der Waals surface area contributed by atoms with Crippen LogP contribution in [-0.4, -0.2) is 54.2 Å². The van der Waals surface area contributed by atoms with E-state index in [1.807, 2.05) is 24.3 Å². The molecule has 0 bridgehead atoms. The van der Waals surface area contributed by atoms with Crippen molar-refractivity contribution < 1.29 is 4.39 Å². The summed E-state index contributed by atoms with van der Waals surface area (Å²) in [5.74, 6) is 0.505. The molecule has 6 aromatic rings. The van der Waals surface area contributed by atoms with E-state index in [1.54, 1.807) is 30.9 Å². The number of rotatable bonds is 4. The Morgan fingerprint density at radius 2 is 1.89 bits per heavy atom. The second kappa shape index (κ2) is 7.92. The lowest BCUT2D eigenvalue weighted by Gasteiger charge is -2.37. The summed E-state index contributed by atoms with van der Waals surface area (Å²) >= 11 is 0. The first-order valence-corrected chi connectivity index (χ1v) is 11.5. The number of anilines is 1. The van der Waals surface area contributed by atoms with E-state index in [0.29, 0.717) is 17.0 Å². The molecule has 9 nitrogen and oxygen atoms in total. The molecule has 1 aliphatic heterocycles. The van der Waals surface area contributed by atoms with Crippen LogP contribution in [0, 0.1) is 5.82 Å². The van der Waals surface area contributed by atoms with E-state index in [4.69, 9.17) is 10.7 Å². The van der Waals surface area contributed by atoms with E-state index in [2.05, 4.69) is 35.0 Å². The fourth-order valence-electron chi connectivity index (χ4n) is 4.66. The molecule has 4 N–H and O–H groups in total. The zero-order valence-corrected chi connectivity index (χ0v) is 19.0. The SMILES string of the molecule is NC1CN(c2cncc(-c3cc4c(-c5cc6c(-c7cccc(F)c7)ccnc6[nH]5)n[nH]c4cn3)n2)C1. The molecule has 0 atom stereocenters. The molecule has 0 aliphatic carbocycles. The third-order valence-corrected chi connectivity index (χ3v) is 6.49. The maximum atomic E-state index is 13.9. The van der Waals surface area contributed by atoms with Gasteiger partial charge in [-0.05, 0) is 41.5 Å². The summed E-state index contributed by atoms with van der Waals surface area (Å²) < 4.78 is 13.9.